The van der Waals surface area contributed by atoms with Crippen LogP contribution in [0.3, 0.4) is 0 Å². The van der Waals surface area contributed by atoms with Gasteiger partial charge in [0.25, 0.3) is 5.91 Å². The van der Waals surface area contributed by atoms with Crippen molar-refractivity contribution in [1.29, 1.82) is 0 Å². The van der Waals surface area contributed by atoms with Gasteiger partial charge in [0, 0.05) is 21.2 Å². The summed E-state index contributed by atoms with van der Waals surface area (Å²) in [6.07, 6.45) is 0. The van der Waals surface area contributed by atoms with Crippen molar-refractivity contribution < 1.29 is 9.42 Å². The first-order chi connectivity index (χ1) is 15.5. The molecule has 1 amide bonds. The first kappa shape index (κ1) is 21.4. The van der Waals surface area contributed by atoms with E-state index in [4.69, 9.17) is 17.3 Å². The Morgan fingerprint density at radius 1 is 1.12 bits per heavy atom. The minimum Gasteiger partial charge on any atom is -0.378 e. The van der Waals surface area contributed by atoms with Gasteiger partial charge in [-0.25, -0.2) is 4.63 Å². The van der Waals surface area contributed by atoms with E-state index in [2.05, 4.69) is 42.7 Å². The summed E-state index contributed by atoms with van der Waals surface area (Å²) in [5, 5.41) is 15.9. The molecule has 0 bridgehead atoms. The van der Waals surface area contributed by atoms with Crippen molar-refractivity contribution >= 4 is 40.8 Å². The summed E-state index contributed by atoms with van der Waals surface area (Å²) in [5.41, 5.74) is 12.8. The van der Waals surface area contributed by atoms with Gasteiger partial charge in [-0.15, -0.1) is 16.9 Å². The molecule has 0 saturated carbocycles. The van der Waals surface area contributed by atoms with E-state index in [0.717, 1.165) is 4.90 Å². The van der Waals surface area contributed by atoms with Crippen molar-refractivity contribution in [2.45, 2.75) is 10.6 Å². The minimum absolute atomic E-state index is 0.0260. The monoisotopic (exact) mass is 468 g/mol. The number of nitrogen functional groups attached to an aromatic ring is 1. The van der Waals surface area contributed by atoms with Gasteiger partial charge in [-0.1, -0.05) is 59.8 Å². The molecule has 10 nitrogen and oxygen atoms in total. The Morgan fingerprint density at radius 2 is 1.88 bits per heavy atom. The highest BCUT2D eigenvalue weighted by molar-refractivity contribution is 7.98. The maximum absolute atomic E-state index is 12.9. The lowest BCUT2D eigenvalue weighted by molar-refractivity contribution is 0.0936. The highest BCUT2D eigenvalue weighted by Crippen LogP contribution is 2.26. The number of aromatic nitrogens is 5. The van der Waals surface area contributed by atoms with Crippen LogP contribution in [0.25, 0.3) is 11.5 Å². The Hall–Kier alpha value is -3.83. The highest BCUT2D eigenvalue weighted by Gasteiger charge is 2.24. The summed E-state index contributed by atoms with van der Waals surface area (Å²) in [6.45, 7) is 3.90. The van der Waals surface area contributed by atoms with Crippen LogP contribution in [0.4, 0.5) is 5.82 Å². The lowest BCUT2D eigenvalue weighted by Gasteiger charge is -2.12. The number of benzene rings is 2. The maximum atomic E-state index is 12.9. The largest absolute Gasteiger partial charge is 0.378 e. The summed E-state index contributed by atoms with van der Waals surface area (Å²) in [6, 6.07) is 16.8. The molecule has 12 heteroatoms. The number of halogens is 1. The first-order valence-electron chi connectivity index (χ1n) is 9.25. The summed E-state index contributed by atoms with van der Waals surface area (Å²) >= 11 is 7.67. The highest BCUT2D eigenvalue weighted by atomic mass is 35.5. The van der Waals surface area contributed by atoms with Gasteiger partial charge < -0.3 is 5.73 Å². The number of hydrogen-bond acceptors (Lipinski definition) is 9. The third-order valence-electron chi connectivity index (χ3n) is 4.32. The molecule has 0 spiro atoms. The lowest BCUT2D eigenvalue weighted by atomic mass is 10.2. The van der Waals surface area contributed by atoms with Crippen molar-refractivity contribution in [1.82, 2.24) is 36.2 Å². The number of thioether (sulfide) groups is 1. The predicted octanol–water partition coefficient (Wildman–Crippen LogP) is 3.08. The Labute approximate surface area is 191 Å². The Bertz CT molecular complexity index is 1260. The number of carbonyl (C=O) groups is 1. The molecule has 0 aliphatic rings. The van der Waals surface area contributed by atoms with Crippen LogP contribution in [0.2, 0.25) is 5.02 Å². The number of rotatable bonds is 8. The van der Waals surface area contributed by atoms with Crippen molar-refractivity contribution in [3.05, 3.63) is 83.2 Å². The zero-order chi connectivity index (χ0) is 22.5. The molecule has 0 fully saturated rings. The van der Waals surface area contributed by atoms with E-state index in [0.29, 0.717) is 27.7 Å². The molecule has 162 valence electrons. The summed E-state index contributed by atoms with van der Waals surface area (Å²) < 4.78 is 6.00. The molecule has 0 aliphatic heterocycles. The van der Waals surface area contributed by atoms with E-state index in [1.54, 1.807) is 18.2 Å². The van der Waals surface area contributed by atoms with Crippen molar-refractivity contribution in [3.8, 4) is 5.82 Å². The number of amides is 1. The third-order valence-corrected chi connectivity index (χ3v) is 5.67. The van der Waals surface area contributed by atoms with Crippen molar-refractivity contribution in [2.75, 3.05) is 5.73 Å². The average molecular weight is 469 g/mol. The van der Waals surface area contributed by atoms with E-state index >= 15 is 0 Å². The number of anilines is 1. The van der Waals surface area contributed by atoms with Gasteiger partial charge in [0.1, 0.15) is 0 Å². The fourth-order valence-electron chi connectivity index (χ4n) is 2.75. The van der Waals surface area contributed by atoms with E-state index in [9.17, 15) is 4.79 Å². The summed E-state index contributed by atoms with van der Waals surface area (Å²) in [5.74, 6) is 0.00665. The Morgan fingerprint density at radius 3 is 2.59 bits per heavy atom. The van der Waals surface area contributed by atoms with Crippen molar-refractivity contribution in [2.24, 2.45) is 0 Å². The molecule has 0 saturated heterocycles. The SMILES string of the molecule is C=C(NNC(=O)c1nnn(-c2nonc2N)c1CSc1ccccc1)c1ccccc1Cl. The fraction of sp³-hybridized carbons (Fsp3) is 0.0500. The van der Waals surface area contributed by atoms with E-state index < -0.39 is 5.91 Å². The maximum Gasteiger partial charge on any atom is 0.292 e. The van der Waals surface area contributed by atoms with Gasteiger partial charge in [-0.2, -0.15) is 4.68 Å². The third kappa shape index (κ3) is 4.58. The minimum atomic E-state index is -0.525. The second-order valence-corrected chi connectivity index (χ2v) is 7.86. The second kappa shape index (κ2) is 9.54. The molecule has 4 rings (SSSR count). The van der Waals surface area contributed by atoms with Crippen LogP contribution in [0.5, 0.6) is 0 Å². The van der Waals surface area contributed by atoms with E-state index in [-0.39, 0.29) is 17.3 Å². The Balaban J connectivity index is 1.56. The smallest absolute Gasteiger partial charge is 0.292 e. The molecule has 0 atom stereocenters. The number of hydrazine groups is 1. The molecule has 0 aliphatic carbocycles. The number of carbonyl (C=O) groups excluding carboxylic acids is 1. The zero-order valence-corrected chi connectivity index (χ0v) is 18.1. The molecule has 2 heterocycles. The average Bonchev–Trinajstić information content (AvgIpc) is 3.42. The fourth-order valence-corrected chi connectivity index (χ4v) is 3.91. The normalized spacial score (nSPS) is 10.7. The standard InChI is InChI=1S/C20H17ClN8O2S/c1-12(14-9-5-6-10-15(14)21)23-25-20(30)17-16(11-32-13-7-3-2-4-8-13)29(28-24-17)19-18(22)26-31-27-19/h2-10,23H,1,11H2,(H2,22,26)(H,25,30). The van der Waals surface area contributed by atoms with Crippen LogP contribution >= 0.6 is 23.4 Å². The molecule has 32 heavy (non-hydrogen) atoms. The lowest BCUT2D eigenvalue weighted by Crippen LogP contribution is -2.36. The van der Waals surface area contributed by atoms with Crippen LogP contribution in [0.1, 0.15) is 21.7 Å². The molecular weight excluding hydrogens is 452 g/mol. The number of nitrogens with two attached hydrogens (primary N) is 1. The van der Waals surface area contributed by atoms with Gasteiger partial charge in [0.15, 0.2) is 5.69 Å². The van der Waals surface area contributed by atoms with Crippen LogP contribution in [-0.2, 0) is 5.75 Å². The predicted molar refractivity (Wildman–Crippen MR) is 121 cm³/mol. The van der Waals surface area contributed by atoms with Gasteiger partial charge >= 0.3 is 0 Å². The molecule has 2 aromatic heterocycles. The van der Waals surface area contributed by atoms with Gasteiger partial charge in [-0.05, 0) is 28.5 Å². The molecule has 0 unspecified atom stereocenters. The number of nitrogens with one attached hydrogen (secondary N) is 2. The summed E-state index contributed by atoms with van der Waals surface area (Å²) in [7, 11) is 0. The van der Waals surface area contributed by atoms with Crippen molar-refractivity contribution in [3.63, 3.8) is 0 Å². The zero-order valence-electron chi connectivity index (χ0n) is 16.5. The van der Waals surface area contributed by atoms with Crippen LogP contribution in [0, 0.1) is 0 Å². The second-order valence-electron chi connectivity index (χ2n) is 6.41. The first-order valence-corrected chi connectivity index (χ1v) is 10.6. The number of hydrogen-bond donors (Lipinski definition) is 3. The molecule has 4 N–H and O–H groups in total. The molecule has 2 aromatic carbocycles. The van der Waals surface area contributed by atoms with Gasteiger partial charge in [0.05, 0.1) is 11.4 Å². The molecular formula is C20H17ClN8O2S. The molecule has 0 radical (unpaired) electrons. The summed E-state index contributed by atoms with van der Waals surface area (Å²) in [4.78, 5) is 13.9. The van der Waals surface area contributed by atoms with Crippen LogP contribution in [-0.4, -0.2) is 31.2 Å². The number of nitrogens with zero attached hydrogens (tertiary/aromatic N) is 5. The van der Waals surface area contributed by atoms with Gasteiger partial charge in [-0.3, -0.25) is 15.6 Å². The quantitative estimate of drug-likeness (QED) is 0.263. The van der Waals surface area contributed by atoms with E-state index in [1.165, 1.54) is 16.4 Å². The Kier molecular flexibility index (Phi) is 6.38. The van der Waals surface area contributed by atoms with E-state index in [1.807, 2.05) is 36.4 Å². The van der Waals surface area contributed by atoms with Gasteiger partial charge in [0.2, 0.25) is 11.6 Å². The van der Waals surface area contributed by atoms with Crippen LogP contribution in [0.15, 0.2) is 70.7 Å². The molecule has 4 aromatic rings. The van der Waals surface area contributed by atoms with Crippen LogP contribution < -0.4 is 16.6 Å². The topological polar surface area (TPSA) is 137 Å².